The van der Waals surface area contributed by atoms with Gasteiger partial charge in [0.1, 0.15) is 5.82 Å². The number of carbonyl (C=O) groups is 3. The summed E-state index contributed by atoms with van der Waals surface area (Å²) in [6.45, 7) is 0.413. The van der Waals surface area contributed by atoms with Crippen LogP contribution in [0.1, 0.15) is 40.7 Å². The molecule has 1 aromatic carbocycles. The Labute approximate surface area is 192 Å². The van der Waals surface area contributed by atoms with Crippen LogP contribution in [0.3, 0.4) is 0 Å². The maximum Gasteiger partial charge on any atom is 0.265 e. The van der Waals surface area contributed by atoms with Gasteiger partial charge in [0.25, 0.3) is 5.91 Å². The van der Waals surface area contributed by atoms with Gasteiger partial charge >= 0.3 is 0 Å². The molecular formula is C21H22N6O3S2. The third-order valence-electron chi connectivity index (χ3n) is 4.77. The van der Waals surface area contributed by atoms with E-state index in [9.17, 15) is 14.4 Å². The zero-order valence-electron chi connectivity index (χ0n) is 17.1. The molecule has 1 fully saturated rings. The predicted molar refractivity (Wildman–Crippen MR) is 124 cm³/mol. The number of thiophene rings is 1. The van der Waals surface area contributed by atoms with E-state index in [1.165, 1.54) is 23.1 Å². The molecule has 0 bridgehead atoms. The molecular weight excluding hydrogens is 448 g/mol. The number of nitrogens with two attached hydrogens (primary N) is 1. The van der Waals surface area contributed by atoms with E-state index in [0.29, 0.717) is 33.9 Å². The third-order valence-corrected chi connectivity index (χ3v) is 6.61. The van der Waals surface area contributed by atoms with Gasteiger partial charge in [-0.15, -0.1) is 21.5 Å². The average molecular weight is 471 g/mol. The fraction of sp³-hybridized carbons (Fsp3) is 0.286. The summed E-state index contributed by atoms with van der Waals surface area (Å²) in [5, 5.41) is 16.5. The monoisotopic (exact) mass is 470 g/mol. The van der Waals surface area contributed by atoms with Crippen molar-refractivity contribution in [3.63, 3.8) is 0 Å². The Morgan fingerprint density at radius 3 is 2.44 bits per heavy atom. The molecule has 1 aliphatic carbocycles. The van der Waals surface area contributed by atoms with Crippen LogP contribution in [0.15, 0.2) is 46.9 Å². The van der Waals surface area contributed by atoms with Crippen molar-refractivity contribution in [3.05, 3.63) is 52.5 Å². The number of aromatic nitrogens is 3. The molecule has 3 amide bonds. The summed E-state index contributed by atoms with van der Waals surface area (Å²) >= 11 is 2.64. The molecule has 0 aliphatic heterocycles. The minimum atomic E-state index is -0.385. The molecule has 0 atom stereocenters. The average Bonchev–Trinajstić information content (AvgIpc) is 3.30. The van der Waals surface area contributed by atoms with Crippen molar-refractivity contribution < 1.29 is 14.4 Å². The first-order chi connectivity index (χ1) is 15.5. The number of primary amides is 1. The van der Waals surface area contributed by atoms with Gasteiger partial charge < -0.3 is 20.9 Å². The number of nitrogens with zero attached hydrogens (tertiary/aromatic N) is 3. The zero-order valence-corrected chi connectivity index (χ0v) is 18.7. The number of hydrogen-bond acceptors (Lipinski definition) is 7. The number of hydrogen-bond donors (Lipinski definition) is 3. The van der Waals surface area contributed by atoms with Crippen molar-refractivity contribution in [1.82, 2.24) is 14.8 Å². The SMILES string of the molecule is NC(=O)CCn1c(SCC(=O)Nc2ccc(NC(=O)c3cccs3)cc2)nnc1C1CC1. The number of amides is 3. The molecule has 0 radical (unpaired) electrons. The highest BCUT2D eigenvalue weighted by atomic mass is 32.2. The van der Waals surface area contributed by atoms with Gasteiger partial charge in [-0.3, -0.25) is 14.4 Å². The molecule has 0 spiro atoms. The first-order valence-electron chi connectivity index (χ1n) is 10.1. The number of thioether (sulfide) groups is 1. The van der Waals surface area contributed by atoms with Crippen molar-refractivity contribution in [2.24, 2.45) is 5.73 Å². The second-order valence-electron chi connectivity index (χ2n) is 7.33. The highest BCUT2D eigenvalue weighted by Crippen LogP contribution is 2.40. The molecule has 166 valence electrons. The van der Waals surface area contributed by atoms with Crippen LogP contribution >= 0.6 is 23.1 Å². The molecule has 0 unspecified atom stereocenters. The smallest absolute Gasteiger partial charge is 0.265 e. The number of carbonyl (C=O) groups excluding carboxylic acids is 3. The van der Waals surface area contributed by atoms with Crippen molar-refractivity contribution in [2.45, 2.75) is 36.9 Å². The van der Waals surface area contributed by atoms with E-state index >= 15 is 0 Å². The van der Waals surface area contributed by atoms with Crippen molar-refractivity contribution in [2.75, 3.05) is 16.4 Å². The van der Waals surface area contributed by atoms with Crippen LogP contribution in [0.4, 0.5) is 11.4 Å². The third kappa shape index (κ3) is 5.74. The topological polar surface area (TPSA) is 132 Å². The second kappa shape index (κ2) is 9.96. The molecule has 2 aromatic heterocycles. The Morgan fingerprint density at radius 2 is 1.81 bits per heavy atom. The molecule has 32 heavy (non-hydrogen) atoms. The van der Waals surface area contributed by atoms with Crippen LogP contribution in [0, 0.1) is 0 Å². The molecule has 3 aromatic rings. The van der Waals surface area contributed by atoms with Gasteiger partial charge in [0.2, 0.25) is 11.8 Å². The Bertz CT molecular complexity index is 1110. The largest absolute Gasteiger partial charge is 0.370 e. The molecule has 1 saturated carbocycles. The van der Waals surface area contributed by atoms with Crippen molar-refractivity contribution >= 4 is 52.2 Å². The van der Waals surface area contributed by atoms with Gasteiger partial charge in [0, 0.05) is 30.3 Å². The Balaban J connectivity index is 1.30. The molecule has 2 heterocycles. The normalized spacial score (nSPS) is 13.0. The Morgan fingerprint density at radius 1 is 1.09 bits per heavy atom. The highest BCUT2D eigenvalue weighted by Gasteiger charge is 2.30. The van der Waals surface area contributed by atoms with E-state index in [4.69, 9.17) is 5.73 Å². The van der Waals surface area contributed by atoms with E-state index < -0.39 is 0 Å². The fourth-order valence-electron chi connectivity index (χ4n) is 3.05. The number of benzene rings is 1. The fourth-order valence-corrected chi connectivity index (χ4v) is 4.44. The maximum atomic E-state index is 12.4. The van der Waals surface area contributed by atoms with Gasteiger partial charge in [-0.1, -0.05) is 17.8 Å². The molecule has 1 aliphatic rings. The molecule has 4 rings (SSSR count). The summed E-state index contributed by atoms with van der Waals surface area (Å²) in [5.41, 5.74) is 6.55. The van der Waals surface area contributed by atoms with Crippen LogP contribution in [-0.4, -0.2) is 38.2 Å². The minimum absolute atomic E-state index is 0.149. The quantitative estimate of drug-likeness (QED) is 0.390. The lowest BCUT2D eigenvalue weighted by molar-refractivity contribution is -0.118. The number of rotatable bonds is 10. The Hall–Kier alpha value is -3.18. The lowest BCUT2D eigenvalue weighted by Gasteiger charge is -2.09. The van der Waals surface area contributed by atoms with Crippen LogP contribution in [0.25, 0.3) is 0 Å². The number of nitrogens with one attached hydrogen (secondary N) is 2. The summed E-state index contributed by atoms with van der Waals surface area (Å²) in [4.78, 5) is 36.3. The van der Waals surface area contributed by atoms with Gasteiger partial charge in [0.15, 0.2) is 5.16 Å². The Kier molecular flexibility index (Phi) is 6.86. The summed E-state index contributed by atoms with van der Waals surface area (Å²) in [7, 11) is 0. The lowest BCUT2D eigenvalue weighted by atomic mass is 10.2. The van der Waals surface area contributed by atoms with E-state index in [2.05, 4.69) is 20.8 Å². The van der Waals surface area contributed by atoms with Gasteiger partial charge in [0.05, 0.1) is 10.6 Å². The second-order valence-corrected chi connectivity index (χ2v) is 9.22. The molecule has 0 saturated heterocycles. The van der Waals surface area contributed by atoms with Crippen LogP contribution in [0.2, 0.25) is 0 Å². The molecule has 4 N–H and O–H groups in total. The van der Waals surface area contributed by atoms with Gasteiger partial charge in [-0.25, -0.2) is 0 Å². The first kappa shape index (κ1) is 22.0. The first-order valence-corrected chi connectivity index (χ1v) is 11.9. The van der Waals surface area contributed by atoms with E-state index in [1.54, 1.807) is 30.3 Å². The highest BCUT2D eigenvalue weighted by molar-refractivity contribution is 7.99. The minimum Gasteiger partial charge on any atom is -0.370 e. The molecule has 11 heteroatoms. The van der Waals surface area contributed by atoms with Crippen molar-refractivity contribution in [3.8, 4) is 0 Å². The van der Waals surface area contributed by atoms with E-state index in [1.807, 2.05) is 16.0 Å². The standard InChI is InChI=1S/C21H22N6O3S2/c22-17(28)9-10-27-19(13-3-4-13)25-26-21(27)32-12-18(29)23-14-5-7-15(8-6-14)24-20(30)16-2-1-11-31-16/h1-2,5-8,11,13H,3-4,9-10,12H2,(H2,22,28)(H,23,29)(H,24,30). The van der Waals surface area contributed by atoms with Gasteiger partial charge in [-0.05, 0) is 48.6 Å². The van der Waals surface area contributed by atoms with Crippen molar-refractivity contribution in [1.29, 1.82) is 0 Å². The van der Waals surface area contributed by atoms with Crippen LogP contribution in [0.5, 0.6) is 0 Å². The van der Waals surface area contributed by atoms with Crippen LogP contribution in [-0.2, 0) is 16.1 Å². The van der Waals surface area contributed by atoms with Crippen LogP contribution < -0.4 is 16.4 Å². The lowest BCUT2D eigenvalue weighted by Crippen LogP contribution is -2.17. The molecule has 9 nitrogen and oxygen atoms in total. The maximum absolute atomic E-state index is 12.4. The van der Waals surface area contributed by atoms with E-state index in [-0.39, 0.29) is 29.9 Å². The van der Waals surface area contributed by atoms with Gasteiger partial charge in [-0.2, -0.15) is 0 Å². The summed E-state index contributed by atoms with van der Waals surface area (Å²) in [6.07, 6.45) is 2.32. The summed E-state index contributed by atoms with van der Waals surface area (Å²) < 4.78 is 1.89. The number of anilines is 2. The predicted octanol–water partition coefficient (Wildman–Crippen LogP) is 3.08. The van der Waals surface area contributed by atoms with E-state index in [0.717, 1.165) is 18.7 Å². The summed E-state index contributed by atoms with van der Waals surface area (Å²) in [6, 6.07) is 10.5. The summed E-state index contributed by atoms with van der Waals surface area (Å²) in [5.74, 6) is 0.633. The zero-order chi connectivity index (χ0) is 22.5.